The summed E-state index contributed by atoms with van der Waals surface area (Å²) < 4.78 is 1.83. The van der Waals surface area contributed by atoms with Crippen LogP contribution >= 0.6 is 0 Å². The minimum absolute atomic E-state index is 0.159. The van der Waals surface area contributed by atoms with Gasteiger partial charge < -0.3 is 5.11 Å². The minimum Gasteiger partial charge on any atom is -0.508 e. The van der Waals surface area contributed by atoms with Gasteiger partial charge in [-0.25, -0.2) is 4.68 Å². The zero-order chi connectivity index (χ0) is 15.1. The van der Waals surface area contributed by atoms with E-state index in [0.717, 1.165) is 28.3 Å². The van der Waals surface area contributed by atoms with Gasteiger partial charge >= 0.3 is 0 Å². The molecule has 1 aromatic heterocycles. The quantitative estimate of drug-likeness (QED) is 0.773. The van der Waals surface area contributed by atoms with Crippen LogP contribution in [0.5, 0.6) is 5.75 Å². The summed E-state index contributed by atoms with van der Waals surface area (Å²) in [5.41, 5.74) is 3.91. The molecule has 2 heterocycles. The van der Waals surface area contributed by atoms with Crippen LogP contribution in [0, 0.1) is 6.92 Å². The van der Waals surface area contributed by atoms with E-state index in [0.29, 0.717) is 0 Å². The van der Waals surface area contributed by atoms with E-state index in [1.165, 1.54) is 0 Å². The van der Waals surface area contributed by atoms with E-state index in [1.807, 2.05) is 54.1 Å². The van der Waals surface area contributed by atoms with Crippen LogP contribution in [0.15, 0.2) is 64.8 Å². The third-order valence-corrected chi connectivity index (χ3v) is 3.83. The molecule has 0 amide bonds. The van der Waals surface area contributed by atoms with Crippen LogP contribution in [0.25, 0.3) is 5.69 Å². The van der Waals surface area contributed by atoms with Gasteiger partial charge in [-0.05, 0) is 36.8 Å². The molecule has 1 aliphatic rings. The Kier molecular flexibility index (Phi) is 2.79. The van der Waals surface area contributed by atoms with Gasteiger partial charge in [0.05, 0.1) is 16.9 Å². The van der Waals surface area contributed by atoms with Crippen LogP contribution in [0.4, 0.5) is 5.82 Å². The van der Waals surface area contributed by atoms with Gasteiger partial charge in [-0.2, -0.15) is 10.2 Å². The summed E-state index contributed by atoms with van der Waals surface area (Å²) in [5.74, 6) is 1.03. The maximum atomic E-state index is 9.43. The van der Waals surface area contributed by atoms with E-state index < -0.39 is 0 Å². The molecule has 0 spiro atoms. The summed E-state index contributed by atoms with van der Waals surface area (Å²) in [4.78, 5) is 0. The Hall–Kier alpha value is -2.95. The number of nitrogens with zero attached hydrogens (tertiary/aromatic N) is 4. The number of phenolic OH excluding ortho intramolecular Hbond substituents is 1. The number of aryl methyl sites for hydroxylation is 1. The molecule has 1 unspecified atom stereocenters. The largest absolute Gasteiger partial charge is 0.508 e. The number of hydrogen-bond acceptors (Lipinski definition) is 4. The lowest BCUT2D eigenvalue weighted by Gasteiger charge is -2.06. The average molecular weight is 290 g/mol. The van der Waals surface area contributed by atoms with Crippen molar-refractivity contribution in [1.82, 2.24) is 9.78 Å². The molecule has 2 aromatic carbocycles. The van der Waals surface area contributed by atoms with Crippen molar-refractivity contribution in [2.75, 3.05) is 0 Å². The Balaban J connectivity index is 1.82. The Bertz CT molecular complexity index is 850. The molecular formula is C17H14N4O. The maximum Gasteiger partial charge on any atom is 0.183 e. The fourth-order valence-electron chi connectivity index (χ4n) is 2.75. The number of phenols is 1. The first-order valence-corrected chi connectivity index (χ1v) is 7.09. The summed E-state index contributed by atoms with van der Waals surface area (Å²) in [6.45, 7) is 1.97. The normalized spacial score (nSPS) is 16.0. The van der Waals surface area contributed by atoms with Crippen LogP contribution in [0.3, 0.4) is 0 Å². The van der Waals surface area contributed by atoms with E-state index in [2.05, 4.69) is 15.3 Å². The van der Waals surface area contributed by atoms with Gasteiger partial charge in [-0.1, -0.05) is 30.3 Å². The van der Waals surface area contributed by atoms with E-state index in [9.17, 15) is 5.11 Å². The number of rotatable bonds is 2. The third-order valence-electron chi connectivity index (χ3n) is 3.83. The zero-order valence-corrected chi connectivity index (χ0v) is 12.0. The van der Waals surface area contributed by atoms with Crippen LogP contribution < -0.4 is 0 Å². The summed E-state index contributed by atoms with van der Waals surface area (Å²) in [6.07, 6.45) is 0. The topological polar surface area (TPSA) is 62.8 Å². The van der Waals surface area contributed by atoms with Crippen LogP contribution in [0.1, 0.15) is 22.9 Å². The third kappa shape index (κ3) is 1.90. The highest BCUT2D eigenvalue weighted by Crippen LogP contribution is 2.42. The van der Waals surface area contributed by atoms with Gasteiger partial charge in [-0.15, -0.1) is 5.11 Å². The number of benzene rings is 2. The van der Waals surface area contributed by atoms with Crippen molar-refractivity contribution in [2.24, 2.45) is 10.2 Å². The monoisotopic (exact) mass is 290 g/mol. The molecule has 0 saturated heterocycles. The predicted octanol–water partition coefficient (Wildman–Crippen LogP) is 4.07. The molecule has 0 fully saturated rings. The van der Waals surface area contributed by atoms with Crippen molar-refractivity contribution in [3.63, 3.8) is 0 Å². The van der Waals surface area contributed by atoms with Gasteiger partial charge in [0.2, 0.25) is 0 Å². The number of aromatic nitrogens is 2. The molecule has 3 aromatic rings. The lowest BCUT2D eigenvalue weighted by molar-refractivity contribution is 0.475. The highest BCUT2D eigenvalue weighted by atomic mass is 16.3. The fourth-order valence-corrected chi connectivity index (χ4v) is 2.75. The molecule has 1 aliphatic heterocycles. The first kappa shape index (κ1) is 12.8. The van der Waals surface area contributed by atoms with E-state index in [-0.39, 0.29) is 11.8 Å². The molecule has 0 saturated carbocycles. The maximum absolute atomic E-state index is 9.43. The molecular weight excluding hydrogens is 276 g/mol. The van der Waals surface area contributed by atoms with Gasteiger partial charge in [0, 0.05) is 0 Å². The summed E-state index contributed by atoms with van der Waals surface area (Å²) in [7, 11) is 0. The molecule has 0 aliphatic carbocycles. The van der Waals surface area contributed by atoms with E-state index in [4.69, 9.17) is 0 Å². The van der Waals surface area contributed by atoms with Crippen molar-refractivity contribution in [3.8, 4) is 11.4 Å². The SMILES string of the molecule is Cc1nn(-c2ccccc2)c2c1C(c1ccc(O)cc1)N=N2. The Morgan fingerprint density at radius 2 is 1.73 bits per heavy atom. The first-order valence-electron chi connectivity index (χ1n) is 7.09. The minimum atomic E-state index is -0.159. The lowest BCUT2D eigenvalue weighted by Crippen LogP contribution is -1.95. The van der Waals surface area contributed by atoms with Gasteiger partial charge in [-0.3, -0.25) is 0 Å². The van der Waals surface area contributed by atoms with Crippen LogP contribution in [-0.4, -0.2) is 14.9 Å². The van der Waals surface area contributed by atoms with Gasteiger partial charge in [0.15, 0.2) is 5.82 Å². The zero-order valence-electron chi connectivity index (χ0n) is 12.0. The van der Waals surface area contributed by atoms with Crippen molar-refractivity contribution in [2.45, 2.75) is 13.0 Å². The van der Waals surface area contributed by atoms with Crippen molar-refractivity contribution in [3.05, 3.63) is 71.4 Å². The molecule has 5 heteroatoms. The number of fused-ring (bicyclic) bond motifs is 1. The predicted molar refractivity (Wildman–Crippen MR) is 82.8 cm³/mol. The lowest BCUT2D eigenvalue weighted by atomic mass is 10.0. The number of hydrogen-bond donors (Lipinski definition) is 1. The Labute approximate surface area is 127 Å². The number of azo groups is 1. The van der Waals surface area contributed by atoms with E-state index in [1.54, 1.807) is 12.1 Å². The average Bonchev–Trinajstić information content (AvgIpc) is 3.11. The Morgan fingerprint density at radius 3 is 2.45 bits per heavy atom. The Morgan fingerprint density at radius 1 is 1.00 bits per heavy atom. The summed E-state index contributed by atoms with van der Waals surface area (Å²) >= 11 is 0. The highest BCUT2D eigenvalue weighted by Gasteiger charge is 2.29. The van der Waals surface area contributed by atoms with Crippen molar-refractivity contribution in [1.29, 1.82) is 0 Å². The summed E-state index contributed by atoms with van der Waals surface area (Å²) in [5, 5.41) is 22.8. The molecule has 4 rings (SSSR count). The van der Waals surface area contributed by atoms with E-state index >= 15 is 0 Å². The smallest absolute Gasteiger partial charge is 0.183 e. The second-order valence-electron chi connectivity index (χ2n) is 5.28. The molecule has 0 bridgehead atoms. The van der Waals surface area contributed by atoms with Crippen molar-refractivity contribution < 1.29 is 5.11 Å². The second-order valence-corrected chi connectivity index (χ2v) is 5.28. The van der Waals surface area contributed by atoms with Crippen molar-refractivity contribution >= 4 is 5.82 Å². The number of aromatic hydroxyl groups is 1. The highest BCUT2D eigenvalue weighted by molar-refractivity contribution is 5.55. The molecule has 1 N–H and O–H groups in total. The molecule has 108 valence electrons. The molecule has 1 atom stereocenters. The summed E-state index contributed by atoms with van der Waals surface area (Å²) in [6, 6.07) is 16.8. The van der Waals surface area contributed by atoms with Gasteiger partial charge in [0.1, 0.15) is 11.8 Å². The fraction of sp³-hybridized carbons (Fsp3) is 0.118. The number of para-hydroxylation sites is 1. The van der Waals surface area contributed by atoms with Crippen LogP contribution in [0.2, 0.25) is 0 Å². The standard InChI is InChI=1S/C17H14N4O/c1-11-15-16(12-7-9-14(22)10-8-12)18-19-17(15)21(20-11)13-5-3-2-4-6-13/h2-10,16,22H,1H3. The second kappa shape index (κ2) is 4.80. The van der Waals surface area contributed by atoms with Gasteiger partial charge in [0.25, 0.3) is 0 Å². The first-order chi connectivity index (χ1) is 10.7. The molecule has 5 nitrogen and oxygen atoms in total. The van der Waals surface area contributed by atoms with Crippen LogP contribution in [-0.2, 0) is 0 Å². The molecule has 0 radical (unpaired) electrons. The molecule has 22 heavy (non-hydrogen) atoms.